The molecule has 2 nitrogen and oxygen atoms in total. The zero-order valence-corrected chi connectivity index (χ0v) is 9.56. The monoisotopic (exact) mass is 187 g/mol. The molecular weight excluding hydrogens is 162 g/mol. The van der Waals surface area contributed by atoms with Crippen LogP contribution < -0.4 is 5.73 Å². The molecule has 3 N–H and O–H groups in total. The molecule has 0 amide bonds. The van der Waals surface area contributed by atoms with Crippen molar-refractivity contribution >= 4 is 0 Å². The van der Waals surface area contributed by atoms with E-state index in [9.17, 15) is 5.11 Å². The van der Waals surface area contributed by atoms with Gasteiger partial charge >= 0.3 is 0 Å². The molecule has 0 heterocycles. The van der Waals surface area contributed by atoms with Gasteiger partial charge in [0.1, 0.15) is 0 Å². The summed E-state index contributed by atoms with van der Waals surface area (Å²) in [4.78, 5) is 0. The molecule has 13 heavy (non-hydrogen) atoms. The van der Waals surface area contributed by atoms with Crippen LogP contribution in [0.25, 0.3) is 0 Å². The number of aliphatic hydroxyl groups is 1. The van der Waals surface area contributed by atoms with Crippen LogP contribution in [0.15, 0.2) is 0 Å². The van der Waals surface area contributed by atoms with Gasteiger partial charge < -0.3 is 10.8 Å². The second kappa shape index (κ2) is 4.97. The minimum absolute atomic E-state index is 0.180. The average Bonchev–Trinajstić information content (AvgIpc) is 2.04. The fraction of sp³-hybridized carbons (Fsp3) is 1.00. The molecule has 0 aromatic carbocycles. The van der Waals surface area contributed by atoms with Gasteiger partial charge in [0.05, 0.1) is 5.60 Å². The highest BCUT2D eigenvalue weighted by atomic mass is 16.3. The quantitative estimate of drug-likeness (QED) is 0.627. The molecule has 1 unspecified atom stereocenters. The standard InChI is InChI=1S/C11H25NO/c1-5-6-7-8-11(4,13)10(2,3)9-12/h13H,5-9,12H2,1-4H3. The van der Waals surface area contributed by atoms with Crippen molar-refractivity contribution in [2.75, 3.05) is 6.54 Å². The summed E-state index contributed by atoms with van der Waals surface area (Å²) in [6.45, 7) is 8.66. The maximum Gasteiger partial charge on any atom is 0.0682 e. The molecular formula is C11H25NO. The highest BCUT2D eigenvalue weighted by molar-refractivity contribution is 4.90. The zero-order chi connectivity index (χ0) is 10.5. The molecule has 0 aliphatic rings. The van der Waals surface area contributed by atoms with E-state index in [2.05, 4.69) is 6.92 Å². The Kier molecular flexibility index (Phi) is 4.93. The molecule has 0 saturated heterocycles. The van der Waals surface area contributed by atoms with E-state index in [1.165, 1.54) is 12.8 Å². The predicted octanol–water partition coefficient (Wildman–Crippen LogP) is 2.30. The van der Waals surface area contributed by atoms with Gasteiger partial charge in [-0.1, -0.05) is 40.0 Å². The Morgan fingerprint density at radius 3 is 2.08 bits per heavy atom. The first-order valence-electron chi connectivity index (χ1n) is 5.30. The Labute approximate surface area is 82.5 Å². The summed E-state index contributed by atoms with van der Waals surface area (Å²) in [6, 6.07) is 0. The summed E-state index contributed by atoms with van der Waals surface area (Å²) in [6.07, 6.45) is 4.33. The van der Waals surface area contributed by atoms with E-state index in [0.717, 1.165) is 12.8 Å². The molecule has 0 rings (SSSR count). The van der Waals surface area contributed by atoms with Gasteiger partial charge in [0.2, 0.25) is 0 Å². The van der Waals surface area contributed by atoms with Crippen LogP contribution in [0.4, 0.5) is 0 Å². The van der Waals surface area contributed by atoms with Gasteiger partial charge in [-0.05, 0) is 13.3 Å². The van der Waals surface area contributed by atoms with Crippen LogP contribution in [-0.4, -0.2) is 17.3 Å². The van der Waals surface area contributed by atoms with Crippen molar-refractivity contribution in [2.45, 2.75) is 59.0 Å². The van der Waals surface area contributed by atoms with E-state index in [-0.39, 0.29) is 5.41 Å². The number of hydrogen-bond acceptors (Lipinski definition) is 2. The molecule has 80 valence electrons. The SMILES string of the molecule is CCCCCC(C)(O)C(C)(C)CN. The smallest absolute Gasteiger partial charge is 0.0682 e. The van der Waals surface area contributed by atoms with Crippen LogP contribution in [0, 0.1) is 5.41 Å². The molecule has 0 saturated carbocycles. The van der Waals surface area contributed by atoms with Gasteiger partial charge in [0.25, 0.3) is 0 Å². The maximum absolute atomic E-state index is 10.2. The first-order valence-corrected chi connectivity index (χ1v) is 5.30. The minimum Gasteiger partial charge on any atom is -0.390 e. The lowest BCUT2D eigenvalue weighted by Crippen LogP contribution is -2.46. The topological polar surface area (TPSA) is 46.2 Å². The lowest BCUT2D eigenvalue weighted by Gasteiger charge is -2.39. The van der Waals surface area contributed by atoms with Crippen LogP contribution in [0.3, 0.4) is 0 Å². The van der Waals surface area contributed by atoms with Crippen molar-refractivity contribution in [2.24, 2.45) is 11.1 Å². The fourth-order valence-electron chi connectivity index (χ4n) is 1.28. The first kappa shape index (κ1) is 12.9. The van der Waals surface area contributed by atoms with Crippen LogP contribution in [0.1, 0.15) is 53.4 Å². The largest absolute Gasteiger partial charge is 0.390 e. The summed E-state index contributed by atoms with van der Waals surface area (Å²) in [7, 11) is 0. The van der Waals surface area contributed by atoms with E-state index in [1.807, 2.05) is 20.8 Å². The summed E-state index contributed by atoms with van der Waals surface area (Å²) < 4.78 is 0. The van der Waals surface area contributed by atoms with Gasteiger partial charge in [0.15, 0.2) is 0 Å². The van der Waals surface area contributed by atoms with Crippen LogP contribution >= 0.6 is 0 Å². The van der Waals surface area contributed by atoms with Crippen molar-refractivity contribution in [3.8, 4) is 0 Å². The molecule has 0 aliphatic heterocycles. The van der Waals surface area contributed by atoms with Crippen molar-refractivity contribution < 1.29 is 5.11 Å². The van der Waals surface area contributed by atoms with Crippen LogP contribution in [0.2, 0.25) is 0 Å². The van der Waals surface area contributed by atoms with Crippen molar-refractivity contribution in [1.82, 2.24) is 0 Å². The molecule has 2 heteroatoms. The number of unbranched alkanes of at least 4 members (excludes halogenated alkanes) is 2. The molecule has 0 aromatic heterocycles. The Morgan fingerprint density at radius 1 is 1.15 bits per heavy atom. The lowest BCUT2D eigenvalue weighted by atomic mass is 9.73. The summed E-state index contributed by atoms with van der Waals surface area (Å²) in [5.74, 6) is 0. The minimum atomic E-state index is -0.628. The third-order valence-corrected chi connectivity index (χ3v) is 3.24. The molecule has 0 radical (unpaired) electrons. The van der Waals surface area contributed by atoms with E-state index in [0.29, 0.717) is 6.54 Å². The van der Waals surface area contributed by atoms with Crippen molar-refractivity contribution in [3.63, 3.8) is 0 Å². The molecule has 0 fully saturated rings. The van der Waals surface area contributed by atoms with E-state index in [4.69, 9.17) is 5.73 Å². The maximum atomic E-state index is 10.2. The van der Waals surface area contributed by atoms with Gasteiger partial charge in [-0.2, -0.15) is 0 Å². The second-order valence-electron chi connectivity index (χ2n) is 4.82. The summed E-state index contributed by atoms with van der Waals surface area (Å²) >= 11 is 0. The molecule has 0 spiro atoms. The zero-order valence-electron chi connectivity index (χ0n) is 9.56. The number of nitrogens with two attached hydrogens (primary N) is 1. The predicted molar refractivity (Wildman–Crippen MR) is 57.6 cm³/mol. The number of hydrogen-bond donors (Lipinski definition) is 2. The highest BCUT2D eigenvalue weighted by Gasteiger charge is 2.37. The third-order valence-electron chi connectivity index (χ3n) is 3.24. The molecule has 0 aliphatic carbocycles. The van der Waals surface area contributed by atoms with Crippen LogP contribution in [0.5, 0.6) is 0 Å². The fourth-order valence-corrected chi connectivity index (χ4v) is 1.28. The number of rotatable bonds is 6. The Hall–Kier alpha value is -0.0800. The first-order chi connectivity index (χ1) is 5.87. The summed E-state index contributed by atoms with van der Waals surface area (Å²) in [5.41, 5.74) is 4.83. The lowest BCUT2D eigenvalue weighted by molar-refractivity contribution is -0.0544. The average molecular weight is 187 g/mol. The van der Waals surface area contributed by atoms with Crippen LogP contribution in [-0.2, 0) is 0 Å². The normalized spacial score (nSPS) is 17.1. The Balaban J connectivity index is 4.06. The van der Waals surface area contributed by atoms with Gasteiger partial charge in [-0.15, -0.1) is 0 Å². The van der Waals surface area contributed by atoms with E-state index in [1.54, 1.807) is 0 Å². The van der Waals surface area contributed by atoms with E-state index >= 15 is 0 Å². The van der Waals surface area contributed by atoms with E-state index < -0.39 is 5.60 Å². The molecule has 0 aromatic rings. The Morgan fingerprint density at radius 2 is 1.69 bits per heavy atom. The highest BCUT2D eigenvalue weighted by Crippen LogP contribution is 2.33. The van der Waals surface area contributed by atoms with Gasteiger partial charge in [-0.25, -0.2) is 0 Å². The van der Waals surface area contributed by atoms with Crippen molar-refractivity contribution in [3.05, 3.63) is 0 Å². The third kappa shape index (κ3) is 3.65. The molecule has 1 atom stereocenters. The summed E-state index contributed by atoms with van der Waals surface area (Å²) in [5, 5.41) is 10.2. The molecule has 0 bridgehead atoms. The van der Waals surface area contributed by atoms with Crippen molar-refractivity contribution in [1.29, 1.82) is 0 Å². The van der Waals surface area contributed by atoms with Gasteiger partial charge in [-0.3, -0.25) is 0 Å². The second-order valence-corrected chi connectivity index (χ2v) is 4.82. The Bertz CT molecular complexity index is 141. The van der Waals surface area contributed by atoms with Gasteiger partial charge in [0, 0.05) is 12.0 Å².